The van der Waals surface area contributed by atoms with Gasteiger partial charge in [-0.1, -0.05) is 51.8 Å². The molecule has 0 N–H and O–H groups in total. The van der Waals surface area contributed by atoms with Crippen molar-refractivity contribution >= 4 is 33.2 Å². The first-order chi connectivity index (χ1) is 9.11. The molecule has 0 fully saturated rings. The summed E-state index contributed by atoms with van der Waals surface area (Å²) in [7, 11) is 2.10. The van der Waals surface area contributed by atoms with Crippen molar-refractivity contribution in [1.29, 1.82) is 0 Å². The Balaban J connectivity index is 2.25. The van der Waals surface area contributed by atoms with Gasteiger partial charge in [0.1, 0.15) is 0 Å². The van der Waals surface area contributed by atoms with Gasteiger partial charge in [0, 0.05) is 29.6 Å². The summed E-state index contributed by atoms with van der Waals surface area (Å²) in [5.74, 6) is 0.539. The number of anilines is 1. The smallest absolute Gasteiger partial charge is 0.0494 e. The van der Waals surface area contributed by atoms with Gasteiger partial charge in [-0.3, -0.25) is 0 Å². The van der Waals surface area contributed by atoms with Gasteiger partial charge in [0.15, 0.2) is 0 Å². The molecule has 100 valence electrons. The molecule has 1 nitrogen and oxygen atoms in total. The first-order valence-corrected chi connectivity index (χ1v) is 7.54. The van der Waals surface area contributed by atoms with Crippen molar-refractivity contribution in [1.82, 2.24) is 0 Å². The van der Waals surface area contributed by atoms with Gasteiger partial charge in [-0.2, -0.15) is 0 Å². The van der Waals surface area contributed by atoms with E-state index in [1.807, 2.05) is 6.07 Å². The third kappa shape index (κ3) is 3.52. The Morgan fingerprint density at radius 2 is 1.84 bits per heavy atom. The molecule has 2 aromatic carbocycles. The van der Waals surface area contributed by atoms with Crippen LogP contribution < -0.4 is 4.90 Å². The standard InChI is InChI=1S/C16H17BrClN/c1-12-7-8-16(14(9-12)10-18)19(2)11-13-5-3-4-6-15(13)17/h3-9H,10-11H2,1-2H3. The number of benzene rings is 2. The highest BCUT2D eigenvalue weighted by Crippen LogP contribution is 2.26. The first kappa shape index (κ1) is 14.4. The van der Waals surface area contributed by atoms with Crippen LogP contribution in [0.15, 0.2) is 46.9 Å². The second kappa shape index (κ2) is 6.44. The lowest BCUT2D eigenvalue weighted by Gasteiger charge is -2.23. The summed E-state index contributed by atoms with van der Waals surface area (Å²) >= 11 is 9.64. The topological polar surface area (TPSA) is 3.24 Å². The van der Waals surface area contributed by atoms with Crippen LogP contribution in [0.5, 0.6) is 0 Å². The molecule has 0 aliphatic carbocycles. The fraction of sp³-hybridized carbons (Fsp3) is 0.250. The molecular weight excluding hydrogens is 322 g/mol. The monoisotopic (exact) mass is 337 g/mol. The minimum Gasteiger partial charge on any atom is -0.370 e. The molecule has 0 aromatic heterocycles. The molecule has 0 radical (unpaired) electrons. The number of nitrogens with zero attached hydrogens (tertiary/aromatic N) is 1. The Kier molecular flexibility index (Phi) is 4.89. The maximum atomic E-state index is 6.05. The van der Waals surface area contributed by atoms with Crippen molar-refractivity contribution < 1.29 is 0 Å². The van der Waals surface area contributed by atoms with E-state index in [4.69, 9.17) is 11.6 Å². The number of halogens is 2. The van der Waals surface area contributed by atoms with Gasteiger partial charge in [-0.15, -0.1) is 11.6 Å². The highest BCUT2D eigenvalue weighted by atomic mass is 79.9. The van der Waals surface area contributed by atoms with Gasteiger partial charge in [0.25, 0.3) is 0 Å². The maximum Gasteiger partial charge on any atom is 0.0494 e. The third-order valence-corrected chi connectivity index (χ3v) is 4.22. The molecule has 0 amide bonds. The average molecular weight is 339 g/mol. The van der Waals surface area contributed by atoms with Crippen LogP contribution in [-0.4, -0.2) is 7.05 Å². The molecule has 3 heteroatoms. The molecule has 0 unspecified atom stereocenters. The van der Waals surface area contributed by atoms with Crippen molar-refractivity contribution in [3.05, 3.63) is 63.6 Å². The van der Waals surface area contributed by atoms with Gasteiger partial charge < -0.3 is 4.90 Å². The average Bonchev–Trinajstić information content (AvgIpc) is 2.41. The van der Waals surface area contributed by atoms with Crippen molar-refractivity contribution in [3.63, 3.8) is 0 Å². The minimum absolute atomic E-state index is 0.539. The number of alkyl halides is 1. The van der Waals surface area contributed by atoms with E-state index in [1.165, 1.54) is 22.4 Å². The number of hydrogen-bond donors (Lipinski definition) is 0. The largest absolute Gasteiger partial charge is 0.370 e. The van der Waals surface area contributed by atoms with E-state index < -0.39 is 0 Å². The highest BCUT2D eigenvalue weighted by Gasteiger charge is 2.09. The summed E-state index contributed by atoms with van der Waals surface area (Å²) in [6, 6.07) is 14.7. The Hall–Kier alpha value is -0.990. The second-order valence-corrected chi connectivity index (χ2v) is 5.83. The summed E-state index contributed by atoms with van der Waals surface area (Å²) in [6.45, 7) is 2.95. The molecule has 0 bridgehead atoms. The zero-order valence-corrected chi connectivity index (χ0v) is 13.5. The Labute approximate surface area is 128 Å². The van der Waals surface area contributed by atoms with Crippen LogP contribution in [0.1, 0.15) is 16.7 Å². The quantitative estimate of drug-likeness (QED) is 0.698. The molecule has 0 spiro atoms. The van der Waals surface area contributed by atoms with E-state index in [-0.39, 0.29) is 0 Å². The zero-order chi connectivity index (χ0) is 13.8. The van der Waals surface area contributed by atoms with Crippen LogP contribution in [0, 0.1) is 6.92 Å². The molecule has 0 aliphatic heterocycles. The van der Waals surface area contributed by atoms with Gasteiger partial charge in [-0.25, -0.2) is 0 Å². The number of rotatable bonds is 4. The molecular formula is C16H17BrClN. The minimum atomic E-state index is 0.539. The lowest BCUT2D eigenvalue weighted by Crippen LogP contribution is -2.18. The molecule has 0 aliphatic rings. The molecule has 2 aromatic rings. The predicted octanol–water partition coefficient (Wildman–Crippen LogP) is 5.13. The highest BCUT2D eigenvalue weighted by molar-refractivity contribution is 9.10. The van der Waals surface area contributed by atoms with Gasteiger partial charge in [-0.05, 0) is 30.2 Å². The molecule has 0 heterocycles. The summed E-state index contributed by atoms with van der Waals surface area (Å²) in [6.07, 6.45) is 0. The van der Waals surface area contributed by atoms with Gasteiger partial charge in [0.05, 0.1) is 0 Å². The molecule has 0 atom stereocenters. The third-order valence-electron chi connectivity index (χ3n) is 3.16. The zero-order valence-electron chi connectivity index (χ0n) is 11.2. The predicted molar refractivity (Wildman–Crippen MR) is 87.0 cm³/mol. The number of aryl methyl sites for hydroxylation is 1. The van der Waals surface area contributed by atoms with Crippen LogP contribution in [0.2, 0.25) is 0 Å². The Morgan fingerprint density at radius 3 is 2.53 bits per heavy atom. The fourth-order valence-corrected chi connectivity index (χ4v) is 2.79. The van der Waals surface area contributed by atoms with E-state index in [1.54, 1.807) is 0 Å². The lowest BCUT2D eigenvalue weighted by molar-refractivity contribution is 0.911. The normalized spacial score (nSPS) is 10.5. The molecule has 0 saturated heterocycles. The van der Waals surface area contributed by atoms with E-state index in [9.17, 15) is 0 Å². The van der Waals surface area contributed by atoms with Crippen LogP contribution in [0.25, 0.3) is 0 Å². The summed E-state index contributed by atoms with van der Waals surface area (Å²) in [4.78, 5) is 2.23. The Bertz CT molecular complexity index is 568. The van der Waals surface area contributed by atoms with Crippen molar-refractivity contribution in [2.24, 2.45) is 0 Å². The van der Waals surface area contributed by atoms with E-state index in [0.717, 1.165) is 11.0 Å². The maximum absolute atomic E-state index is 6.05. The number of hydrogen-bond acceptors (Lipinski definition) is 1. The van der Waals surface area contributed by atoms with Crippen LogP contribution in [0.3, 0.4) is 0 Å². The van der Waals surface area contributed by atoms with Crippen molar-refractivity contribution in [2.75, 3.05) is 11.9 Å². The summed E-state index contributed by atoms with van der Waals surface area (Å²) in [5, 5.41) is 0. The van der Waals surface area contributed by atoms with Gasteiger partial charge >= 0.3 is 0 Å². The van der Waals surface area contributed by atoms with E-state index in [0.29, 0.717) is 5.88 Å². The Morgan fingerprint density at radius 1 is 1.11 bits per heavy atom. The lowest BCUT2D eigenvalue weighted by atomic mass is 10.1. The molecule has 19 heavy (non-hydrogen) atoms. The van der Waals surface area contributed by atoms with Gasteiger partial charge in [0.2, 0.25) is 0 Å². The van der Waals surface area contributed by atoms with Crippen LogP contribution in [-0.2, 0) is 12.4 Å². The molecule has 0 saturated carbocycles. The molecule has 2 rings (SSSR count). The summed E-state index contributed by atoms with van der Waals surface area (Å²) < 4.78 is 1.14. The first-order valence-electron chi connectivity index (χ1n) is 6.22. The van der Waals surface area contributed by atoms with Crippen molar-refractivity contribution in [3.8, 4) is 0 Å². The van der Waals surface area contributed by atoms with E-state index >= 15 is 0 Å². The second-order valence-electron chi connectivity index (χ2n) is 4.71. The van der Waals surface area contributed by atoms with Crippen LogP contribution >= 0.6 is 27.5 Å². The van der Waals surface area contributed by atoms with Crippen LogP contribution in [0.4, 0.5) is 5.69 Å². The fourth-order valence-electron chi connectivity index (χ4n) is 2.16. The SMILES string of the molecule is Cc1ccc(N(C)Cc2ccccc2Br)c(CCl)c1. The summed E-state index contributed by atoms with van der Waals surface area (Å²) in [5.41, 5.74) is 4.88. The van der Waals surface area contributed by atoms with E-state index in [2.05, 4.69) is 71.2 Å². The van der Waals surface area contributed by atoms with Crippen molar-refractivity contribution in [2.45, 2.75) is 19.3 Å².